The van der Waals surface area contributed by atoms with Crippen LogP contribution in [0.15, 0.2) is 47.0 Å². The minimum Gasteiger partial charge on any atom is -0.493 e. The van der Waals surface area contributed by atoms with E-state index < -0.39 is 0 Å². The van der Waals surface area contributed by atoms with Gasteiger partial charge in [-0.25, -0.2) is 0 Å². The van der Waals surface area contributed by atoms with Gasteiger partial charge in [0.1, 0.15) is 0 Å². The van der Waals surface area contributed by atoms with Crippen molar-refractivity contribution in [2.75, 3.05) is 13.7 Å². The molecule has 2 heterocycles. The van der Waals surface area contributed by atoms with E-state index in [0.717, 1.165) is 11.1 Å². The number of carbonyl (C=O) groups excluding carboxylic acids is 1. The van der Waals surface area contributed by atoms with Crippen LogP contribution in [-0.2, 0) is 11.3 Å². The lowest BCUT2D eigenvalue weighted by atomic mass is 10.0. The molecule has 174 valence electrons. The standard InChI is InChI=1S/C26H31N3O4/c1-16(2)19-8-6-18(7-9-19)14-29-15-21(13-24(29)30)26-27-25(28-33-26)20-10-11-22(32-17(3)4)23(12-20)31-5/h6-12,16-17,21H,13-15H2,1-5H3. The SMILES string of the molecule is COc1cc(-c2noc(C3CC(=O)N(Cc4ccc(C(C)C)cc4)C3)n2)ccc1OC(C)C. The number of nitrogens with zero attached hydrogens (tertiary/aromatic N) is 3. The number of carbonyl (C=O) groups is 1. The lowest BCUT2D eigenvalue weighted by Crippen LogP contribution is -2.24. The highest BCUT2D eigenvalue weighted by atomic mass is 16.5. The molecule has 1 unspecified atom stereocenters. The summed E-state index contributed by atoms with van der Waals surface area (Å²) in [7, 11) is 1.60. The predicted molar refractivity (Wildman–Crippen MR) is 125 cm³/mol. The second-order valence-electron chi connectivity index (χ2n) is 9.06. The highest BCUT2D eigenvalue weighted by Gasteiger charge is 2.34. The van der Waals surface area contributed by atoms with Gasteiger partial charge in [0, 0.05) is 25.1 Å². The molecule has 7 heteroatoms. The first-order valence-corrected chi connectivity index (χ1v) is 11.4. The Balaban J connectivity index is 1.45. The van der Waals surface area contributed by atoms with E-state index in [2.05, 4.69) is 48.3 Å². The highest BCUT2D eigenvalue weighted by molar-refractivity contribution is 5.79. The largest absolute Gasteiger partial charge is 0.493 e. The molecule has 1 atom stereocenters. The van der Waals surface area contributed by atoms with Crippen LogP contribution in [0.3, 0.4) is 0 Å². The smallest absolute Gasteiger partial charge is 0.232 e. The number of aromatic nitrogens is 2. The summed E-state index contributed by atoms with van der Waals surface area (Å²) in [5.74, 6) is 2.70. The van der Waals surface area contributed by atoms with Crippen LogP contribution in [0.4, 0.5) is 0 Å². The fourth-order valence-corrected chi connectivity index (χ4v) is 3.99. The van der Waals surface area contributed by atoms with Gasteiger partial charge in [0.25, 0.3) is 0 Å². The van der Waals surface area contributed by atoms with E-state index in [-0.39, 0.29) is 17.9 Å². The van der Waals surface area contributed by atoms with Crippen molar-refractivity contribution in [2.24, 2.45) is 0 Å². The monoisotopic (exact) mass is 449 g/mol. The zero-order valence-corrected chi connectivity index (χ0v) is 19.9. The van der Waals surface area contributed by atoms with Crippen molar-refractivity contribution in [1.29, 1.82) is 0 Å². The number of methoxy groups -OCH3 is 1. The predicted octanol–water partition coefficient (Wildman–Crippen LogP) is 5.17. The maximum Gasteiger partial charge on any atom is 0.232 e. The van der Waals surface area contributed by atoms with E-state index in [0.29, 0.717) is 48.6 Å². The Morgan fingerprint density at radius 2 is 1.85 bits per heavy atom. The van der Waals surface area contributed by atoms with E-state index in [9.17, 15) is 4.79 Å². The van der Waals surface area contributed by atoms with E-state index in [1.807, 2.05) is 36.9 Å². The molecule has 1 aliphatic heterocycles. The molecule has 0 bridgehead atoms. The molecule has 4 rings (SSSR count). The number of hydrogen-bond donors (Lipinski definition) is 0. The lowest BCUT2D eigenvalue weighted by molar-refractivity contribution is -0.128. The van der Waals surface area contributed by atoms with Gasteiger partial charge < -0.3 is 18.9 Å². The second kappa shape index (κ2) is 9.65. The van der Waals surface area contributed by atoms with Crippen molar-refractivity contribution in [3.05, 3.63) is 59.5 Å². The number of ether oxygens (including phenoxy) is 2. The maximum atomic E-state index is 12.6. The Hall–Kier alpha value is -3.35. The molecule has 1 saturated heterocycles. The van der Waals surface area contributed by atoms with Crippen molar-refractivity contribution in [1.82, 2.24) is 15.0 Å². The second-order valence-corrected chi connectivity index (χ2v) is 9.06. The summed E-state index contributed by atoms with van der Waals surface area (Å²) in [6.07, 6.45) is 0.411. The number of benzene rings is 2. The van der Waals surface area contributed by atoms with Crippen LogP contribution < -0.4 is 9.47 Å². The minimum atomic E-state index is -0.112. The van der Waals surface area contributed by atoms with Gasteiger partial charge >= 0.3 is 0 Å². The van der Waals surface area contributed by atoms with Crippen molar-refractivity contribution in [2.45, 2.75) is 58.6 Å². The Morgan fingerprint density at radius 3 is 2.52 bits per heavy atom. The molecule has 33 heavy (non-hydrogen) atoms. The summed E-state index contributed by atoms with van der Waals surface area (Å²) in [6.45, 7) is 9.43. The van der Waals surface area contributed by atoms with E-state index in [1.54, 1.807) is 7.11 Å². The van der Waals surface area contributed by atoms with Crippen LogP contribution in [0.5, 0.6) is 11.5 Å². The molecule has 2 aromatic carbocycles. The van der Waals surface area contributed by atoms with Crippen molar-refractivity contribution in [3.8, 4) is 22.9 Å². The van der Waals surface area contributed by atoms with Gasteiger partial charge in [-0.2, -0.15) is 4.98 Å². The molecule has 1 fully saturated rings. The number of hydrogen-bond acceptors (Lipinski definition) is 6. The molecule has 1 amide bonds. The Labute approximate surface area is 194 Å². The molecule has 0 spiro atoms. The summed E-state index contributed by atoms with van der Waals surface area (Å²) in [5, 5.41) is 4.14. The summed E-state index contributed by atoms with van der Waals surface area (Å²) < 4.78 is 16.8. The fraction of sp³-hybridized carbons (Fsp3) is 0.423. The molecular formula is C26H31N3O4. The third-order valence-electron chi connectivity index (χ3n) is 5.81. The van der Waals surface area contributed by atoms with Crippen LogP contribution in [0.2, 0.25) is 0 Å². The zero-order valence-electron chi connectivity index (χ0n) is 19.9. The van der Waals surface area contributed by atoms with E-state index in [4.69, 9.17) is 14.0 Å². The fourth-order valence-electron chi connectivity index (χ4n) is 3.99. The first-order chi connectivity index (χ1) is 15.8. The molecule has 0 saturated carbocycles. The molecule has 0 aliphatic carbocycles. The van der Waals surface area contributed by atoms with Gasteiger partial charge in [-0.3, -0.25) is 4.79 Å². The first kappa shape index (κ1) is 22.8. The Kier molecular flexibility index (Phi) is 6.67. The highest BCUT2D eigenvalue weighted by Crippen LogP contribution is 2.34. The molecule has 3 aromatic rings. The summed E-state index contributed by atoms with van der Waals surface area (Å²) >= 11 is 0. The lowest BCUT2D eigenvalue weighted by Gasteiger charge is -2.16. The van der Waals surface area contributed by atoms with Crippen LogP contribution in [-0.4, -0.2) is 40.7 Å². The van der Waals surface area contributed by atoms with Gasteiger partial charge in [-0.1, -0.05) is 43.3 Å². The summed E-state index contributed by atoms with van der Waals surface area (Å²) in [6, 6.07) is 14.0. The molecule has 7 nitrogen and oxygen atoms in total. The number of likely N-dealkylation sites (tertiary alicyclic amines) is 1. The molecular weight excluding hydrogens is 418 g/mol. The number of amides is 1. The van der Waals surface area contributed by atoms with Gasteiger partial charge in [0.2, 0.25) is 17.6 Å². The van der Waals surface area contributed by atoms with Crippen LogP contribution in [0.1, 0.15) is 63.0 Å². The van der Waals surface area contributed by atoms with E-state index >= 15 is 0 Å². The van der Waals surface area contributed by atoms with Crippen molar-refractivity contribution < 1.29 is 18.8 Å². The van der Waals surface area contributed by atoms with Crippen LogP contribution in [0.25, 0.3) is 11.4 Å². The average molecular weight is 450 g/mol. The number of rotatable bonds is 8. The normalized spacial score (nSPS) is 16.2. The minimum absolute atomic E-state index is 0.0394. The van der Waals surface area contributed by atoms with Gasteiger partial charge in [0.05, 0.1) is 19.1 Å². The van der Waals surface area contributed by atoms with Gasteiger partial charge in [-0.15, -0.1) is 0 Å². The third-order valence-corrected chi connectivity index (χ3v) is 5.81. The summed E-state index contributed by atoms with van der Waals surface area (Å²) in [4.78, 5) is 19.1. The molecule has 1 aromatic heterocycles. The topological polar surface area (TPSA) is 77.7 Å². The van der Waals surface area contributed by atoms with Crippen LogP contribution in [0, 0.1) is 0 Å². The third kappa shape index (κ3) is 5.18. The first-order valence-electron chi connectivity index (χ1n) is 11.4. The Morgan fingerprint density at radius 1 is 1.09 bits per heavy atom. The maximum absolute atomic E-state index is 12.6. The molecule has 0 radical (unpaired) electrons. The average Bonchev–Trinajstić information content (AvgIpc) is 3.41. The zero-order chi connectivity index (χ0) is 23.5. The van der Waals surface area contributed by atoms with Gasteiger partial charge in [-0.05, 0) is 49.1 Å². The quantitative estimate of drug-likeness (QED) is 0.472. The van der Waals surface area contributed by atoms with Crippen molar-refractivity contribution >= 4 is 5.91 Å². The Bertz CT molecular complexity index is 1100. The van der Waals surface area contributed by atoms with E-state index in [1.165, 1.54) is 5.56 Å². The summed E-state index contributed by atoms with van der Waals surface area (Å²) in [5.41, 5.74) is 3.18. The van der Waals surface area contributed by atoms with Gasteiger partial charge in [0.15, 0.2) is 11.5 Å². The van der Waals surface area contributed by atoms with Crippen LogP contribution >= 0.6 is 0 Å². The van der Waals surface area contributed by atoms with Crippen molar-refractivity contribution in [3.63, 3.8) is 0 Å². The molecule has 0 N–H and O–H groups in total. The molecule has 1 aliphatic rings.